The van der Waals surface area contributed by atoms with Crippen molar-refractivity contribution in [3.63, 3.8) is 0 Å². The van der Waals surface area contributed by atoms with Crippen LogP contribution in [0.15, 0.2) is 24.3 Å². The molecule has 1 aromatic carbocycles. The van der Waals surface area contributed by atoms with Crippen LogP contribution in [0.2, 0.25) is 0 Å². The summed E-state index contributed by atoms with van der Waals surface area (Å²) in [6.45, 7) is 12.2. The summed E-state index contributed by atoms with van der Waals surface area (Å²) in [5.74, 6) is 0.898. The van der Waals surface area contributed by atoms with Crippen molar-refractivity contribution < 1.29 is 33.2 Å². The van der Waals surface area contributed by atoms with E-state index < -0.39 is 0 Å². The highest BCUT2D eigenvalue weighted by atomic mass is 16.6. The van der Waals surface area contributed by atoms with Crippen LogP contribution >= 0.6 is 0 Å². The van der Waals surface area contributed by atoms with E-state index in [-0.39, 0.29) is 0 Å². The molecule has 0 aliphatic heterocycles. The molecule has 0 saturated heterocycles. The zero-order valence-electron chi connectivity index (χ0n) is 29.4. The minimum Gasteiger partial charge on any atom is -0.491 e. The Morgan fingerprint density at radius 1 is 0.333 bits per heavy atom. The highest BCUT2D eigenvalue weighted by Crippen LogP contribution is 2.15. The molecule has 0 saturated carbocycles. The van der Waals surface area contributed by atoms with Gasteiger partial charge in [0.05, 0.1) is 72.7 Å². The summed E-state index contributed by atoms with van der Waals surface area (Å²) in [6, 6.07) is 8.48. The van der Waals surface area contributed by atoms with Crippen molar-refractivity contribution in [3.05, 3.63) is 29.8 Å². The fraction of sp³-hybridized carbons (Fsp3) is 0.842. The second-order valence-electron chi connectivity index (χ2n) is 11.9. The third kappa shape index (κ3) is 31.2. The molecule has 1 rings (SSSR count). The number of hydrogen-bond donors (Lipinski definition) is 0. The maximum atomic E-state index is 5.78. The lowest BCUT2D eigenvalue weighted by molar-refractivity contribution is -0.0179. The Bertz CT molecular complexity index is 685. The fourth-order valence-electron chi connectivity index (χ4n) is 4.97. The smallest absolute Gasteiger partial charge is 0.119 e. The van der Waals surface area contributed by atoms with Gasteiger partial charge in [0.1, 0.15) is 12.4 Å². The van der Waals surface area contributed by atoms with Crippen LogP contribution in [0.1, 0.15) is 122 Å². The molecule has 0 fully saturated rings. The first-order valence-electron chi connectivity index (χ1n) is 18.5. The summed E-state index contributed by atoms with van der Waals surface area (Å²) < 4.78 is 39.2. The normalized spacial score (nSPS) is 11.4. The summed E-state index contributed by atoms with van der Waals surface area (Å²) in [5, 5.41) is 0. The quantitative estimate of drug-likeness (QED) is 0.0674. The van der Waals surface area contributed by atoms with E-state index >= 15 is 0 Å². The van der Waals surface area contributed by atoms with Crippen molar-refractivity contribution in [2.45, 2.75) is 123 Å². The van der Waals surface area contributed by atoms with Crippen LogP contribution in [0, 0.1) is 0 Å². The fourth-order valence-corrected chi connectivity index (χ4v) is 4.97. The molecular weight excluding hydrogens is 568 g/mol. The van der Waals surface area contributed by atoms with E-state index in [0.29, 0.717) is 79.3 Å². The molecule has 1 aromatic rings. The van der Waals surface area contributed by atoms with Crippen LogP contribution in [-0.4, -0.2) is 85.9 Å². The Morgan fingerprint density at radius 2 is 0.667 bits per heavy atom. The predicted molar refractivity (Wildman–Crippen MR) is 186 cm³/mol. The largest absolute Gasteiger partial charge is 0.491 e. The van der Waals surface area contributed by atoms with Crippen LogP contribution < -0.4 is 4.74 Å². The van der Waals surface area contributed by atoms with Gasteiger partial charge >= 0.3 is 0 Å². The highest BCUT2D eigenvalue weighted by Gasteiger charge is 1.99. The standard InChI is InChI=1S/C38H70O7/c1-3-5-7-9-11-12-13-14-16-18-24-39-25-26-40-27-28-41-29-30-42-31-32-43-33-34-44-35-36-45-38-22-20-37(21-23-38)19-17-15-10-8-6-4-2/h20-23H,3-19,24-36H2,1-2H3. The topological polar surface area (TPSA) is 64.6 Å². The van der Waals surface area contributed by atoms with Gasteiger partial charge in [0.15, 0.2) is 0 Å². The third-order valence-corrected chi connectivity index (χ3v) is 7.74. The zero-order chi connectivity index (χ0) is 32.1. The van der Waals surface area contributed by atoms with E-state index in [1.54, 1.807) is 0 Å². The van der Waals surface area contributed by atoms with Crippen LogP contribution in [0.5, 0.6) is 5.75 Å². The van der Waals surface area contributed by atoms with E-state index in [9.17, 15) is 0 Å². The molecule has 0 amide bonds. The number of hydrogen-bond acceptors (Lipinski definition) is 7. The highest BCUT2D eigenvalue weighted by molar-refractivity contribution is 5.27. The Morgan fingerprint density at radius 3 is 1.09 bits per heavy atom. The van der Waals surface area contributed by atoms with Gasteiger partial charge in [0, 0.05) is 6.61 Å². The minimum absolute atomic E-state index is 0.540. The monoisotopic (exact) mass is 639 g/mol. The lowest BCUT2D eigenvalue weighted by atomic mass is 10.0. The van der Waals surface area contributed by atoms with E-state index in [1.165, 1.54) is 102 Å². The lowest BCUT2D eigenvalue weighted by Gasteiger charge is -2.09. The second-order valence-corrected chi connectivity index (χ2v) is 11.9. The van der Waals surface area contributed by atoms with E-state index in [1.807, 2.05) is 0 Å². The van der Waals surface area contributed by atoms with Crippen LogP contribution in [0.3, 0.4) is 0 Å². The maximum Gasteiger partial charge on any atom is 0.119 e. The molecule has 7 nitrogen and oxygen atoms in total. The average molecular weight is 639 g/mol. The minimum atomic E-state index is 0.540. The maximum absolute atomic E-state index is 5.78. The summed E-state index contributed by atoms with van der Waals surface area (Å²) in [6.07, 6.45) is 22.6. The number of ether oxygens (including phenoxy) is 7. The molecule has 0 unspecified atom stereocenters. The summed E-state index contributed by atoms with van der Waals surface area (Å²) in [5.41, 5.74) is 1.39. The van der Waals surface area contributed by atoms with Crippen molar-refractivity contribution in [1.29, 1.82) is 0 Å². The molecular formula is C38H70O7. The number of rotatable bonds is 37. The molecule has 0 aliphatic carbocycles. The molecule has 0 bridgehead atoms. The predicted octanol–water partition coefficient (Wildman–Crippen LogP) is 8.99. The summed E-state index contributed by atoms with van der Waals surface area (Å²) in [7, 11) is 0. The number of aryl methyl sites for hydroxylation is 1. The van der Waals surface area contributed by atoms with Gasteiger partial charge in [-0.05, 0) is 37.0 Å². The lowest BCUT2D eigenvalue weighted by Crippen LogP contribution is -2.14. The van der Waals surface area contributed by atoms with Gasteiger partial charge < -0.3 is 33.2 Å². The van der Waals surface area contributed by atoms with Gasteiger partial charge in [-0.25, -0.2) is 0 Å². The first-order valence-corrected chi connectivity index (χ1v) is 18.5. The van der Waals surface area contributed by atoms with E-state index in [2.05, 4.69) is 38.1 Å². The molecule has 0 spiro atoms. The van der Waals surface area contributed by atoms with Gasteiger partial charge in [-0.15, -0.1) is 0 Å². The molecule has 264 valence electrons. The average Bonchev–Trinajstić information content (AvgIpc) is 3.06. The van der Waals surface area contributed by atoms with Crippen LogP contribution in [0.4, 0.5) is 0 Å². The van der Waals surface area contributed by atoms with Crippen molar-refractivity contribution in [1.82, 2.24) is 0 Å². The Labute approximate surface area is 277 Å². The van der Waals surface area contributed by atoms with E-state index in [4.69, 9.17) is 33.2 Å². The molecule has 0 radical (unpaired) electrons. The molecule has 45 heavy (non-hydrogen) atoms. The molecule has 7 heteroatoms. The zero-order valence-corrected chi connectivity index (χ0v) is 29.4. The van der Waals surface area contributed by atoms with Crippen molar-refractivity contribution in [2.75, 3.05) is 85.9 Å². The summed E-state index contributed by atoms with van der Waals surface area (Å²) in [4.78, 5) is 0. The van der Waals surface area contributed by atoms with E-state index in [0.717, 1.165) is 25.2 Å². The van der Waals surface area contributed by atoms with Gasteiger partial charge in [-0.2, -0.15) is 0 Å². The van der Waals surface area contributed by atoms with Crippen molar-refractivity contribution in [3.8, 4) is 5.75 Å². The second kappa shape index (κ2) is 35.6. The number of benzene rings is 1. The molecule has 0 N–H and O–H groups in total. The molecule has 0 aliphatic rings. The van der Waals surface area contributed by atoms with Gasteiger partial charge in [-0.1, -0.05) is 116 Å². The first kappa shape index (κ1) is 41.8. The van der Waals surface area contributed by atoms with Crippen LogP contribution in [0.25, 0.3) is 0 Å². The van der Waals surface area contributed by atoms with Gasteiger partial charge in [-0.3, -0.25) is 0 Å². The van der Waals surface area contributed by atoms with Crippen LogP contribution in [-0.2, 0) is 34.8 Å². The Hall–Kier alpha value is -1.22. The molecule has 0 heterocycles. The van der Waals surface area contributed by atoms with Crippen molar-refractivity contribution >= 4 is 0 Å². The summed E-state index contributed by atoms with van der Waals surface area (Å²) >= 11 is 0. The number of unbranched alkanes of at least 4 members (excludes halogenated alkanes) is 14. The SMILES string of the molecule is CCCCCCCCCCCCOCCOCCOCCOCCOCCOCCOc1ccc(CCCCCCCC)cc1. The van der Waals surface area contributed by atoms with Gasteiger partial charge in [0.2, 0.25) is 0 Å². The Kier molecular flexibility index (Phi) is 33.1. The Balaban J connectivity index is 1.71. The third-order valence-electron chi connectivity index (χ3n) is 7.74. The molecule has 0 atom stereocenters. The first-order chi connectivity index (χ1) is 22.4. The van der Waals surface area contributed by atoms with Gasteiger partial charge in [0.25, 0.3) is 0 Å². The molecule has 0 aromatic heterocycles. The van der Waals surface area contributed by atoms with Crippen molar-refractivity contribution in [2.24, 2.45) is 0 Å².